The topological polar surface area (TPSA) is 47.2 Å². The highest BCUT2D eigenvalue weighted by Gasteiger charge is 2.21. The molecule has 26 heavy (non-hydrogen) atoms. The van der Waals surface area contributed by atoms with Gasteiger partial charge in [0.2, 0.25) is 0 Å². The molecule has 0 radical (unpaired) electrons. The van der Waals surface area contributed by atoms with Crippen LogP contribution in [0, 0.1) is 0 Å². The van der Waals surface area contributed by atoms with Gasteiger partial charge >= 0.3 is 0 Å². The largest absolute Gasteiger partial charge is 0.468 e. The van der Waals surface area contributed by atoms with Gasteiger partial charge in [-0.15, -0.1) is 0 Å². The number of benzene rings is 2. The number of Topliss-reactive ketones (excluding diaryl/α,β-unsaturated/α-hetero) is 1. The molecule has 0 bridgehead atoms. The van der Waals surface area contributed by atoms with E-state index < -0.39 is 0 Å². The average Bonchev–Trinajstić information content (AvgIpc) is 3.29. The number of furan rings is 1. The van der Waals surface area contributed by atoms with E-state index in [1.54, 1.807) is 6.26 Å². The van der Waals surface area contributed by atoms with Gasteiger partial charge in [0.15, 0.2) is 5.78 Å². The second kappa shape index (κ2) is 7.02. The van der Waals surface area contributed by atoms with Crippen molar-refractivity contribution in [1.29, 1.82) is 0 Å². The van der Waals surface area contributed by atoms with Gasteiger partial charge in [0.25, 0.3) is 0 Å². The maximum Gasteiger partial charge on any atom is 0.179 e. The number of para-hydroxylation sites is 1. The molecule has 0 amide bonds. The summed E-state index contributed by atoms with van der Waals surface area (Å²) in [5.41, 5.74) is 3.82. The van der Waals surface area contributed by atoms with Crippen molar-refractivity contribution in [2.45, 2.75) is 6.54 Å². The Hall–Kier alpha value is -3.11. The van der Waals surface area contributed by atoms with Crippen molar-refractivity contribution in [3.63, 3.8) is 0 Å². The molecule has 2 aromatic heterocycles. The van der Waals surface area contributed by atoms with E-state index in [2.05, 4.69) is 16.0 Å². The molecule has 2 aromatic carbocycles. The van der Waals surface area contributed by atoms with Gasteiger partial charge in [-0.3, -0.25) is 4.79 Å². The zero-order valence-corrected chi connectivity index (χ0v) is 14.6. The lowest BCUT2D eigenvalue weighted by Crippen LogP contribution is -2.22. The second-order valence-electron chi connectivity index (χ2n) is 6.27. The number of rotatable bonds is 6. The molecule has 0 spiro atoms. The van der Waals surface area contributed by atoms with E-state index in [0.717, 1.165) is 33.5 Å². The molecule has 0 aliphatic heterocycles. The molecule has 4 rings (SSSR count). The number of hydrogen-bond donors (Lipinski definition) is 1. The molecule has 0 unspecified atom stereocenters. The summed E-state index contributed by atoms with van der Waals surface area (Å²) in [6.07, 6.45) is 1.64. The van der Waals surface area contributed by atoms with Crippen molar-refractivity contribution >= 4 is 16.7 Å². The highest BCUT2D eigenvalue weighted by molar-refractivity contribution is 6.14. The quantitative estimate of drug-likeness (QED) is 0.527. The molecule has 0 atom stereocenters. The fraction of sp³-hybridized carbons (Fsp3) is 0.136. The van der Waals surface area contributed by atoms with Crippen LogP contribution in [0.5, 0.6) is 0 Å². The highest BCUT2D eigenvalue weighted by Crippen LogP contribution is 2.33. The van der Waals surface area contributed by atoms with Crippen molar-refractivity contribution in [3.8, 4) is 11.3 Å². The van der Waals surface area contributed by atoms with E-state index in [1.807, 2.05) is 67.7 Å². The zero-order chi connectivity index (χ0) is 17.9. The number of ketones is 1. The van der Waals surface area contributed by atoms with E-state index in [9.17, 15) is 4.79 Å². The predicted molar refractivity (Wildman–Crippen MR) is 103 cm³/mol. The normalized spacial score (nSPS) is 11.1. The second-order valence-corrected chi connectivity index (χ2v) is 6.27. The first-order valence-corrected chi connectivity index (χ1v) is 8.65. The van der Waals surface area contributed by atoms with Crippen molar-refractivity contribution in [2.24, 2.45) is 7.05 Å². The molecular formula is C22H20N2O2. The summed E-state index contributed by atoms with van der Waals surface area (Å²) in [7, 11) is 2.01. The van der Waals surface area contributed by atoms with Gasteiger partial charge in [0.1, 0.15) is 5.76 Å². The van der Waals surface area contributed by atoms with Gasteiger partial charge in [-0.05, 0) is 23.8 Å². The molecule has 0 aliphatic carbocycles. The lowest BCUT2D eigenvalue weighted by Gasteiger charge is -2.08. The number of aromatic nitrogens is 1. The predicted octanol–water partition coefficient (Wildman–Crippen LogP) is 4.41. The van der Waals surface area contributed by atoms with Crippen LogP contribution in [0.15, 0.2) is 77.4 Å². The number of hydrogen-bond acceptors (Lipinski definition) is 3. The molecule has 4 nitrogen and oxygen atoms in total. The summed E-state index contributed by atoms with van der Waals surface area (Å²) >= 11 is 0. The van der Waals surface area contributed by atoms with E-state index in [4.69, 9.17) is 4.42 Å². The minimum absolute atomic E-state index is 0.0761. The first-order chi connectivity index (χ1) is 12.8. The number of nitrogens with zero attached hydrogens (tertiary/aromatic N) is 1. The molecular weight excluding hydrogens is 324 g/mol. The van der Waals surface area contributed by atoms with Gasteiger partial charge < -0.3 is 14.3 Å². The smallest absolute Gasteiger partial charge is 0.179 e. The van der Waals surface area contributed by atoms with Crippen molar-refractivity contribution < 1.29 is 9.21 Å². The Kier molecular flexibility index (Phi) is 4.42. The van der Waals surface area contributed by atoms with Crippen LogP contribution in [0.1, 0.15) is 16.1 Å². The highest BCUT2D eigenvalue weighted by atomic mass is 16.3. The van der Waals surface area contributed by atoms with Crippen LogP contribution in [0.4, 0.5) is 0 Å². The SMILES string of the molecule is Cn1c(-c2ccccc2)c(C(=O)CNCc2ccco2)c2ccccc21. The molecule has 0 saturated heterocycles. The van der Waals surface area contributed by atoms with Gasteiger partial charge in [-0.2, -0.15) is 0 Å². The number of fused-ring (bicyclic) bond motifs is 1. The van der Waals surface area contributed by atoms with E-state index in [1.165, 1.54) is 0 Å². The zero-order valence-electron chi connectivity index (χ0n) is 14.6. The Morgan fingerprint density at radius 3 is 2.54 bits per heavy atom. The molecule has 0 saturated carbocycles. The lowest BCUT2D eigenvalue weighted by atomic mass is 10.0. The van der Waals surface area contributed by atoms with Crippen LogP contribution in [-0.4, -0.2) is 16.9 Å². The van der Waals surface area contributed by atoms with Crippen molar-refractivity contribution in [1.82, 2.24) is 9.88 Å². The van der Waals surface area contributed by atoms with Crippen molar-refractivity contribution in [2.75, 3.05) is 6.54 Å². The Morgan fingerprint density at radius 2 is 1.77 bits per heavy atom. The minimum Gasteiger partial charge on any atom is -0.468 e. The lowest BCUT2D eigenvalue weighted by molar-refractivity contribution is 0.0992. The third kappa shape index (κ3) is 2.95. The summed E-state index contributed by atoms with van der Waals surface area (Å²) in [6, 6.07) is 21.8. The monoisotopic (exact) mass is 344 g/mol. The Morgan fingerprint density at radius 1 is 1.00 bits per heavy atom. The van der Waals surface area contributed by atoms with Crippen molar-refractivity contribution in [3.05, 3.63) is 84.3 Å². The molecule has 2 heterocycles. The number of carbonyl (C=O) groups excluding carboxylic acids is 1. The molecule has 0 fully saturated rings. The summed E-state index contributed by atoms with van der Waals surface area (Å²) in [5, 5.41) is 4.17. The maximum absolute atomic E-state index is 13.1. The van der Waals surface area contributed by atoms with Crippen LogP contribution in [-0.2, 0) is 13.6 Å². The van der Waals surface area contributed by atoms with Crippen LogP contribution in [0.2, 0.25) is 0 Å². The van der Waals surface area contributed by atoms with E-state index in [-0.39, 0.29) is 12.3 Å². The van der Waals surface area contributed by atoms with Crippen LogP contribution in [0.3, 0.4) is 0 Å². The third-order valence-electron chi connectivity index (χ3n) is 4.60. The molecule has 0 aliphatic rings. The Labute approximate surface area is 152 Å². The summed E-state index contributed by atoms with van der Waals surface area (Å²) in [4.78, 5) is 13.1. The molecule has 4 aromatic rings. The van der Waals surface area contributed by atoms with Gasteiger partial charge in [-0.1, -0.05) is 48.5 Å². The van der Waals surface area contributed by atoms with Gasteiger partial charge in [0, 0.05) is 18.0 Å². The summed E-state index contributed by atoms with van der Waals surface area (Å²) in [5.74, 6) is 0.895. The fourth-order valence-electron chi connectivity index (χ4n) is 3.41. The standard InChI is InChI=1S/C22H20N2O2/c1-24-19-12-6-5-11-18(19)21(22(24)16-8-3-2-4-9-16)20(25)15-23-14-17-10-7-13-26-17/h2-13,23H,14-15H2,1H3. The first kappa shape index (κ1) is 16.4. The fourth-order valence-corrected chi connectivity index (χ4v) is 3.41. The number of nitrogens with one attached hydrogen (secondary N) is 1. The molecule has 130 valence electrons. The Balaban J connectivity index is 1.72. The maximum atomic E-state index is 13.1. The molecule has 4 heteroatoms. The van der Waals surface area contributed by atoms with E-state index in [0.29, 0.717) is 6.54 Å². The minimum atomic E-state index is 0.0761. The first-order valence-electron chi connectivity index (χ1n) is 8.65. The van der Waals surface area contributed by atoms with E-state index >= 15 is 0 Å². The van der Waals surface area contributed by atoms with Gasteiger partial charge in [0.05, 0.1) is 30.6 Å². The third-order valence-corrected chi connectivity index (χ3v) is 4.60. The van der Waals surface area contributed by atoms with Crippen LogP contribution < -0.4 is 5.32 Å². The number of carbonyl (C=O) groups is 1. The molecule has 1 N–H and O–H groups in total. The Bertz CT molecular complexity index is 1030. The summed E-state index contributed by atoms with van der Waals surface area (Å²) in [6.45, 7) is 0.790. The van der Waals surface area contributed by atoms with Crippen LogP contribution in [0.25, 0.3) is 22.2 Å². The van der Waals surface area contributed by atoms with Gasteiger partial charge in [-0.25, -0.2) is 0 Å². The summed E-state index contributed by atoms with van der Waals surface area (Å²) < 4.78 is 7.41. The average molecular weight is 344 g/mol. The van der Waals surface area contributed by atoms with Crippen LogP contribution >= 0.6 is 0 Å². The number of aryl methyl sites for hydroxylation is 1.